The summed E-state index contributed by atoms with van der Waals surface area (Å²) in [6.07, 6.45) is 0. The van der Waals surface area contributed by atoms with Gasteiger partial charge in [0.25, 0.3) is 0 Å². The molecule has 0 aliphatic heterocycles. The summed E-state index contributed by atoms with van der Waals surface area (Å²) >= 11 is 11.4. The summed E-state index contributed by atoms with van der Waals surface area (Å²) in [6, 6.07) is 153. The van der Waals surface area contributed by atoms with Gasteiger partial charge in [0.05, 0.1) is 33.1 Å². The lowest BCUT2D eigenvalue weighted by molar-refractivity contribution is 0.670. The molecule has 130 heavy (non-hydrogen) atoms. The molecule has 10 aromatic heterocycles. The average molecular weight is 1760 g/mol. The molecule has 0 radical (unpaired) electrons. The molecule has 0 fully saturated rings. The Bertz CT molecular complexity index is 9950. The van der Waals surface area contributed by atoms with Gasteiger partial charge in [-0.15, -0.1) is 68.0 Å². The highest BCUT2D eigenvalue weighted by atomic mass is 32.1. The number of benzene rings is 20. The van der Waals surface area contributed by atoms with Crippen molar-refractivity contribution in [1.82, 2.24) is 13.7 Å². The van der Waals surface area contributed by atoms with Crippen molar-refractivity contribution in [2.75, 3.05) is 0 Å². The van der Waals surface area contributed by atoms with Gasteiger partial charge in [0.2, 0.25) is 0 Å². The molecule has 4 nitrogen and oxygen atoms in total. The van der Waals surface area contributed by atoms with E-state index in [0.29, 0.717) is 0 Å². The summed E-state index contributed by atoms with van der Waals surface area (Å²) in [6.45, 7) is 0. The molecule has 0 amide bonds. The minimum atomic E-state index is 0.928. The van der Waals surface area contributed by atoms with E-state index >= 15 is 0 Å². The molecule has 0 unspecified atom stereocenters. The lowest BCUT2D eigenvalue weighted by Gasteiger charge is -2.09. The molecule has 606 valence electrons. The third kappa shape index (κ3) is 11.3. The van der Waals surface area contributed by atoms with Crippen LogP contribution in [0.5, 0.6) is 0 Å². The van der Waals surface area contributed by atoms with Crippen molar-refractivity contribution in [2.24, 2.45) is 0 Å². The number of rotatable bonds is 7. The molecule has 0 saturated heterocycles. The molecule has 0 saturated carbocycles. The summed E-state index contributed by atoms with van der Waals surface area (Å²) in [7, 11) is 0. The van der Waals surface area contributed by atoms with Crippen molar-refractivity contribution in [3.05, 3.63) is 419 Å². The molecule has 0 N–H and O–H groups in total. The van der Waals surface area contributed by atoms with Crippen LogP contribution in [0.1, 0.15) is 0 Å². The Morgan fingerprint density at radius 3 is 0.931 bits per heavy atom. The van der Waals surface area contributed by atoms with Gasteiger partial charge in [-0.1, -0.05) is 297 Å². The second-order valence-corrected chi connectivity index (χ2v) is 40.2. The largest absolute Gasteiger partial charge is 0.455 e. The zero-order chi connectivity index (χ0) is 84.9. The molecule has 0 atom stereocenters. The van der Waals surface area contributed by atoms with Gasteiger partial charge in [-0.05, 0) is 132 Å². The predicted molar refractivity (Wildman–Crippen MR) is 569 cm³/mol. The molecule has 30 aromatic rings. The van der Waals surface area contributed by atoms with E-state index in [-0.39, 0.29) is 0 Å². The Morgan fingerprint density at radius 2 is 0.469 bits per heavy atom. The third-order valence-electron chi connectivity index (χ3n) is 26.8. The Hall–Kier alpha value is -15.1. The number of furan rings is 1. The van der Waals surface area contributed by atoms with Crippen LogP contribution in [0, 0.1) is 0 Å². The molecule has 0 bridgehead atoms. The number of nitrogens with zero attached hydrogens (tertiary/aromatic N) is 3. The van der Waals surface area contributed by atoms with Crippen LogP contribution < -0.4 is 0 Å². The quantitative estimate of drug-likeness (QED) is 0.156. The first-order valence-corrected chi connectivity index (χ1v) is 48.9. The van der Waals surface area contributed by atoms with Crippen LogP contribution in [0.25, 0.3) is 270 Å². The van der Waals surface area contributed by atoms with Crippen LogP contribution in [0.4, 0.5) is 0 Å². The highest BCUT2D eigenvalue weighted by molar-refractivity contribution is 7.29. The van der Waals surface area contributed by atoms with Crippen LogP contribution in [-0.4, -0.2) is 13.7 Å². The molecule has 20 aromatic carbocycles. The predicted octanol–water partition coefficient (Wildman–Crippen LogP) is 37.1. The van der Waals surface area contributed by atoms with Crippen LogP contribution in [-0.2, 0) is 0 Å². The highest BCUT2D eigenvalue weighted by Crippen LogP contribution is 2.52. The van der Waals surface area contributed by atoms with Crippen LogP contribution in [0.3, 0.4) is 0 Å². The summed E-state index contributed by atoms with van der Waals surface area (Å²) < 4.78 is 29.8. The van der Waals surface area contributed by atoms with E-state index in [1.807, 2.05) is 74.1 Å². The average Bonchev–Trinajstić information content (AvgIpc) is 1.56. The smallest absolute Gasteiger partial charge is 0.143 e. The standard InChI is InChI=1S/C42H23NOS2.C42H25NS2.C36H21NS2/c1-4-16-34-32(11-1)39-35(21-20-31-26-10-3-6-18-37(26)46-42(31)39)43(34)24-19-22-38-33(23-24)30-15-8-14-29(41(30)45-38)28-13-7-12-27-25-9-2-5-17-36(25)44-40(27)28;1-2-10-26(11-3-1)27-20-22-38-35(24-27)29-12-4-6-18-37(29)43(38)28-21-23-40-36(25-28)34-17-9-16-33(42(34)45-40)32-15-8-14-31-30-13-5-7-19-39(30)44-41(31)32;1-4-16-31-23(9-1)24-10-2-5-17-32(24)37(31)22-19-20-34-30(21-22)29-15-8-14-28(36(29)39-34)27-13-7-12-26-25-11-3-6-18-33(25)38-35(26)27/h1-23H;1-25H;1-21H. The van der Waals surface area contributed by atoms with Crippen molar-refractivity contribution in [2.45, 2.75) is 0 Å². The van der Waals surface area contributed by atoms with E-state index in [1.165, 1.54) is 242 Å². The number of aromatic nitrogens is 3. The Kier molecular flexibility index (Phi) is 16.6. The van der Waals surface area contributed by atoms with E-state index in [4.69, 9.17) is 4.42 Å². The number of thiophene rings is 6. The minimum Gasteiger partial charge on any atom is -0.455 e. The fourth-order valence-electron chi connectivity index (χ4n) is 21.1. The SMILES string of the molecule is c1ccc(-c2ccc3c(c2)c2ccccc2n3-c2ccc3sc4c(-c5cccc6c5sc5ccccc56)cccc4c3c2)cc1.c1ccc2c(c1)oc1c(-c3cccc4c3sc3ccc(-n5c6ccccc6c6c7sc8ccccc8c7ccc65)cc34)cccc12.c1ccc2c(c1)sc1c(-c3cccc4c3sc3ccc(-n5c6ccccc6c6ccccc65)cc34)cccc12. The maximum Gasteiger partial charge on any atom is 0.143 e. The molecule has 30 rings (SSSR count). The fourth-order valence-corrected chi connectivity index (χ4v) is 28.4. The van der Waals surface area contributed by atoms with Crippen molar-refractivity contribution in [1.29, 1.82) is 0 Å². The Labute approximate surface area is 767 Å². The first kappa shape index (κ1) is 74.0. The lowest BCUT2D eigenvalue weighted by atomic mass is 10.00. The Morgan fingerprint density at radius 1 is 0.162 bits per heavy atom. The summed E-state index contributed by atoms with van der Waals surface area (Å²) in [5.41, 5.74) is 23.0. The molecular weight excluding hydrogens is 1690 g/mol. The zero-order valence-corrected chi connectivity index (χ0v) is 74.4. The van der Waals surface area contributed by atoms with Gasteiger partial charge < -0.3 is 18.1 Å². The van der Waals surface area contributed by atoms with Gasteiger partial charge in [0.15, 0.2) is 0 Å². The second kappa shape index (κ2) is 29.2. The van der Waals surface area contributed by atoms with Gasteiger partial charge >= 0.3 is 0 Å². The second-order valence-electron chi connectivity index (χ2n) is 33.8. The van der Waals surface area contributed by atoms with E-state index < -0.39 is 0 Å². The zero-order valence-electron chi connectivity index (χ0n) is 69.5. The summed E-state index contributed by atoms with van der Waals surface area (Å²) in [5.74, 6) is 0. The highest BCUT2D eigenvalue weighted by Gasteiger charge is 2.25. The first-order valence-electron chi connectivity index (χ1n) is 44.0. The summed E-state index contributed by atoms with van der Waals surface area (Å²) in [5, 5.41) is 26.0. The van der Waals surface area contributed by atoms with Crippen LogP contribution in [0.2, 0.25) is 0 Å². The van der Waals surface area contributed by atoms with Gasteiger partial charge in [-0.25, -0.2) is 0 Å². The number of para-hydroxylation sites is 6. The molecular formula is C120H69N3OS6. The van der Waals surface area contributed by atoms with Crippen LogP contribution in [0.15, 0.2) is 423 Å². The maximum absolute atomic E-state index is 6.46. The van der Waals surface area contributed by atoms with Crippen LogP contribution >= 0.6 is 68.0 Å². The van der Waals surface area contributed by atoms with Gasteiger partial charge in [-0.2, -0.15) is 0 Å². The fraction of sp³-hybridized carbons (Fsp3) is 0. The minimum absolute atomic E-state index is 0.928. The lowest BCUT2D eigenvalue weighted by Crippen LogP contribution is -1.93. The van der Waals surface area contributed by atoms with Gasteiger partial charge in [0, 0.05) is 215 Å². The van der Waals surface area contributed by atoms with Crippen molar-refractivity contribution < 1.29 is 4.42 Å². The topological polar surface area (TPSA) is 27.9 Å². The van der Waals surface area contributed by atoms with E-state index in [2.05, 4.69) is 426 Å². The van der Waals surface area contributed by atoms with Gasteiger partial charge in [0.1, 0.15) is 11.2 Å². The van der Waals surface area contributed by atoms with Crippen molar-refractivity contribution in [3.8, 4) is 61.6 Å². The molecule has 0 aliphatic carbocycles. The molecule has 10 heteroatoms. The Balaban J connectivity index is 0.0000000984. The number of hydrogen-bond donors (Lipinski definition) is 0. The summed E-state index contributed by atoms with van der Waals surface area (Å²) in [4.78, 5) is 0. The first-order chi connectivity index (χ1) is 64.5. The monoisotopic (exact) mass is 1760 g/mol. The normalized spacial score (nSPS) is 12.2. The third-order valence-corrected chi connectivity index (χ3v) is 34.1. The van der Waals surface area contributed by atoms with Crippen molar-refractivity contribution in [3.63, 3.8) is 0 Å². The molecule has 0 aliphatic rings. The maximum atomic E-state index is 6.46. The van der Waals surface area contributed by atoms with E-state index in [9.17, 15) is 0 Å². The van der Waals surface area contributed by atoms with Crippen molar-refractivity contribution >= 4 is 276 Å². The van der Waals surface area contributed by atoms with E-state index in [0.717, 1.165) is 27.5 Å². The number of fused-ring (bicyclic) bond motifs is 31. The van der Waals surface area contributed by atoms with E-state index in [1.54, 1.807) is 0 Å². The van der Waals surface area contributed by atoms with Gasteiger partial charge in [-0.3, -0.25) is 0 Å². The molecule has 10 heterocycles. The molecule has 0 spiro atoms. The number of hydrogen-bond acceptors (Lipinski definition) is 7.